The van der Waals surface area contributed by atoms with Crippen molar-refractivity contribution in [3.05, 3.63) is 101 Å². The quantitative estimate of drug-likeness (QED) is 0.536. The molecule has 2 aliphatic heterocycles. The van der Waals surface area contributed by atoms with Crippen LogP contribution in [-0.2, 0) is 21.4 Å². The number of benzene rings is 3. The number of hydrogen-bond donors (Lipinski definition) is 1. The second-order valence-electron chi connectivity index (χ2n) is 9.17. The lowest BCUT2D eigenvalue weighted by Gasteiger charge is -2.36. The van der Waals surface area contributed by atoms with Crippen molar-refractivity contribution in [3.63, 3.8) is 0 Å². The minimum Gasteiger partial charge on any atom is -0.445 e. The van der Waals surface area contributed by atoms with E-state index in [1.807, 2.05) is 54.6 Å². The van der Waals surface area contributed by atoms with Crippen LogP contribution in [0.15, 0.2) is 93.9 Å². The minimum absolute atomic E-state index is 0.0641. The van der Waals surface area contributed by atoms with E-state index in [1.165, 1.54) is 12.1 Å². The monoisotopic (exact) mass is 528 g/mol. The minimum atomic E-state index is -3.81. The van der Waals surface area contributed by atoms with E-state index >= 15 is 0 Å². The summed E-state index contributed by atoms with van der Waals surface area (Å²) in [6.45, 7) is 2.39. The molecule has 3 aromatic carbocycles. The van der Waals surface area contributed by atoms with Gasteiger partial charge in [0.1, 0.15) is 6.61 Å². The molecule has 3 aromatic rings. The largest absolute Gasteiger partial charge is 0.445 e. The average Bonchev–Trinajstić information content (AvgIpc) is 3.21. The van der Waals surface area contributed by atoms with Crippen molar-refractivity contribution in [1.29, 1.82) is 0 Å². The first-order valence-electron chi connectivity index (χ1n) is 12.2. The molecule has 1 N–H and O–H groups in total. The molecule has 6 rings (SSSR count). The highest BCUT2D eigenvalue weighted by Crippen LogP contribution is 2.35. The molecule has 0 unspecified atom stereocenters. The molecule has 10 heteroatoms. The molecule has 0 atom stereocenters. The molecule has 192 valence electrons. The number of allylic oxidation sites excluding steroid dienone is 2. The van der Waals surface area contributed by atoms with Crippen LogP contribution in [0.2, 0.25) is 0 Å². The number of ether oxygens (including phenoxy) is 1. The van der Waals surface area contributed by atoms with Crippen LogP contribution < -0.4 is 10.2 Å². The summed E-state index contributed by atoms with van der Waals surface area (Å²) < 4.78 is 34.2. The summed E-state index contributed by atoms with van der Waals surface area (Å²) in [7, 11) is -3.81. The van der Waals surface area contributed by atoms with Gasteiger partial charge in [0.25, 0.3) is 10.0 Å². The Morgan fingerprint density at radius 2 is 1.66 bits per heavy atom. The summed E-state index contributed by atoms with van der Waals surface area (Å²) in [6, 6.07) is 21.8. The first-order valence-corrected chi connectivity index (χ1v) is 13.7. The number of rotatable bonds is 5. The van der Waals surface area contributed by atoms with Crippen LogP contribution in [0.25, 0.3) is 0 Å². The fourth-order valence-electron chi connectivity index (χ4n) is 4.90. The van der Waals surface area contributed by atoms with Gasteiger partial charge in [0, 0.05) is 37.3 Å². The zero-order valence-electron chi connectivity index (χ0n) is 20.3. The highest BCUT2D eigenvalue weighted by Gasteiger charge is 2.36. The van der Waals surface area contributed by atoms with Crippen LogP contribution in [0, 0.1) is 0 Å². The van der Waals surface area contributed by atoms with Gasteiger partial charge in [0.15, 0.2) is 0 Å². The van der Waals surface area contributed by atoms with Gasteiger partial charge in [-0.2, -0.15) is 12.8 Å². The Hall–Kier alpha value is -4.44. The summed E-state index contributed by atoms with van der Waals surface area (Å²) in [5, 5.41) is 3.21. The number of nitrogens with one attached hydrogen (secondary N) is 1. The molecular formula is C28H24N4O5S. The molecule has 3 aliphatic rings. The Labute approximate surface area is 220 Å². The molecule has 1 saturated heterocycles. The summed E-state index contributed by atoms with van der Waals surface area (Å²) in [5.74, 6) is -0.293. The Bertz CT molecular complexity index is 1610. The molecule has 38 heavy (non-hydrogen) atoms. The van der Waals surface area contributed by atoms with Gasteiger partial charge < -0.3 is 19.9 Å². The fraction of sp³-hybridized carbons (Fsp3) is 0.179. The van der Waals surface area contributed by atoms with Crippen LogP contribution in [0.3, 0.4) is 0 Å². The number of ketones is 1. The van der Waals surface area contributed by atoms with Crippen molar-refractivity contribution < 1.29 is 22.7 Å². The second kappa shape index (κ2) is 9.46. The number of nitrogens with zero attached hydrogens (tertiary/aromatic N) is 3. The molecule has 0 spiro atoms. The van der Waals surface area contributed by atoms with E-state index in [9.17, 15) is 18.0 Å². The third kappa shape index (κ3) is 4.32. The molecular weight excluding hydrogens is 504 g/mol. The molecule has 9 nitrogen and oxygen atoms in total. The number of amides is 1. The van der Waals surface area contributed by atoms with Crippen molar-refractivity contribution in [2.24, 2.45) is 4.40 Å². The van der Waals surface area contributed by atoms with E-state index in [0.717, 1.165) is 11.3 Å². The van der Waals surface area contributed by atoms with Gasteiger partial charge in [-0.15, -0.1) is 0 Å². The highest BCUT2D eigenvalue weighted by atomic mass is 32.2. The SMILES string of the molecule is O=C1C(Nc2ccccc2N2CCN(C(=O)OCc3ccccc3)CC2)=CC2=NS(=O)(=O)c3cccc1c32. The van der Waals surface area contributed by atoms with Gasteiger partial charge in [-0.25, -0.2) is 4.79 Å². The average molecular weight is 529 g/mol. The standard InChI is InChI=1S/C28H24N4O5S/c33-27-20-9-6-12-25-26(20)22(30-38(25,35)36)17-23(27)29-21-10-4-5-11-24(21)31-13-15-32(16-14-31)28(34)37-18-19-7-2-1-3-8-19/h1-12,17,29H,13-16,18H2. The van der Waals surface area contributed by atoms with Crippen molar-refractivity contribution in [2.75, 3.05) is 36.4 Å². The van der Waals surface area contributed by atoms with Gasteiger partial charge in [-0.3, -0.25) is 4.79 Å². The van der Waals surface area contributed by atoms with E-state index in [1.54, 1.807) is 17.0 Å². The first kappa shape index (κ1) is 23.9. The fourth-order valence-corrected chi connectivity index (χ4v) is 6.13. The molecule has 1 aliphatic carbocycles. The molecule has 0 saturated carbocycles. The molecule has 1 fully saturated rings. The van der Waals surface area contributed by atoms with E-state index in [0.29, 0.717) is 43.0 Å². The molecule has 0 radical (unpaired) electrons. The maximum absolute atomic E-state index is 13.3. The third-order valence-electron chi connectivity index (χ3n) is 6.81. The van der Waals surface area contributed by atoms with Crippen molar-refractivity contribution in [1.82, 2.24) is 4.90 Å². The number of carbonyl (C=O) groups excluding carboxylic acids is 2. The topological polar surface area (TPSA) is 108 Å². The molecule has 1 amide bonds. The normalized spacial score (nSPS) is 17.4. The van der Waals surface area contributed by atoms with Crippen molar-refractivity contribution in [2.45, 2.75) is 11.5 Å². The predicted molar refractivity (Wildman–Crippen MR) is 143 cm³/mol. The third-order valence-corrected chi connectivity index (χ3v) is 8.14. The number of carbonyl (C=O) groups is 2. The van der Waals surface area contributed by atoms with Gasteiger partial charge in [-0.05, 0) is 29.8 Å². The summed E-state index contributed by atoms with van der Waals surface area (Å²) >= 11 is 0. The number of anilines is 2. The maximum atomic E-state index is 13.3. The number of para-hydroxylation sites is 2. The number of hydrogen-bond acceptors (Lipinski definition) is 7. The Morgan fingerprint density at radius 1 is 0.921 bits per heavy atom. The zero-order valence-corrected chi connectivity index (χ0v) is 21.1. The van der Waals surface area contributed by atoms with Gasteiger partial charge in [0.2, 0.25) is 5.78 Å². The number of piperazine rings is 1. The molecule has 0 bridgehead atoms. The molecule has 0 aromatic heterocycles. The summed E-state index contributed by atoms with van der Waals surface area (Å²) in [6.07, 6.45) is 1.15. The summed E-state index contributed by atoms with van der Waals surface area (Å²) in [5.41, 5.74) is 3.70. The van der Waals surface area contributed by atoms with Crippen molar-refractivity contribution in [3.8, 4) is 0 Å². The Balaban J connectivity index is 1.16. The second-order valence-corrected chi connectivity index (χ2v) is 10.7. The Kier molecular flexibility index (Phi) is 5.96. The van der Waals surface area contributed by atoms with Crippen LogP contribution >= 0.6 is 0 Å². The zero-order chi connectivity index (χ0) is 26.3. The van der Waals surface area contributed by atoms with Gasteiger partial charge >= 0.3 is 6.09 Å². The lowest BCUT2D eigenvalue weighted by molar-refractivity contribution is 0.0941. The van der Waals surface area contributed by atoms with Gasteiger partial charge in [0.05, 0.1) is 27.7 Å². The lowest BCUT2D eigenvalue weighted by Crippen LogP contribution is -2.49. The van der Waals surface area contributed by atoms with Crippen molar-refractivity contribution >= 4 is 39.0 Å². The number of sulfonamides is 1. The highest BCUT2D eigenvalue weighted by molar-refractivity contribution is 7.90. The summed E-state index contributed by atoms with van der Waals surface area (Å²) in [4.78, 5) is 29.7. The van der Waals surface area contributed by atoms with E-state index < -0.39 is 10.0 Å². The van der Waals surface area contributed by atoms with E-state index in [4.69, 9.17) is 4.74 Å². The Morgan fingerprint density at radius 3 is 2.45 bits per heavy atom. The van der Waals surface area contributed by atoms with Crippen LogP contribution in [-0.4, -0.2) is 57.1 Å². The van der Waals surface area contributed by atoms with E-state index in [-0.39, 0.29) is 34.8 Å². The van der Waals surface area contributed by atoms with Gasteiger partial charge in [-0.1, -0.05) is 54.6 Å². The lowest BCUT2D eigenvalue weighted by atomic mass is 9.92. The van der Waals surface area contributed by atoms with Crippen LogP contribution in [0.5, 0.6) is 0 Å². The van der Waals surface area contributed by atoms with E-state index in [2.05, 4.69) is 14.6 Å². The smallest absolute Gasteiger partial charge is 0.410 e. The van der Waals surface area contributed by atoms with Crippen LogP contribution in [0.4, 0.5) is 16.2 Å². The first-order chi connectivity index (χ1) is 18.4. The predicted octanol–water partition coefficient (Wildman–Crippen LogP) is 3.83. The van der Waals surface area contributed by atoms with Crippen LogP contribution in [0.1, 0.15) is 21.5 Å². The molecule has 2 heterocycles. The maximum Gasteiger partial charge on any atom is 0.410 e. The number of Topliss-reactive ketones (excluding diaryl/α,β-unsaturated/α-hetero) is 1.